The topological polar surface area (TPSA) is 67.4 Å². The largest absolute Gasteiger partial charge is 0.493 e. The predicted octanol–water partition coefficient (Wildman–Crippen LogP) is 3.11. The fraction of sp³-hybridized carbons (Fsp3) is 0.435. The average molecular weight is 413 g/mol. The second-order valence-corrected chi connectivity index (χ2v) is 7.06. The van der Waals surface area contributed by atoms with E-state index in [-0.39, 0.29) is 0 Å². The van der Waals surface area contributed by atoms with Gasteiger partial charge in [-0.2, -0.15) is 0 Å². The summed E-state index contributed by atoms with van der Waals surface area (Å²) in [5.41, 5.74) is 3.41. The van der Waals surface area contributed by atoms with Crippen LogP contribution < -0.4 is 20.1 Å². The van der Waals surface area contributed by atoms with Gasteiger partial charge in [0.2, 0.25) is 0 Å². The van der Waals surface area contributed by atoms with Crippen molar-refractivity contribution in [3.63, 3.8) is 0 Å². The van der Waals surface area contributed by atoms with Gasteiger partial charge in [0.15, 0.2) is 17.5 Å². The van der Waals surface area contributed by atoms with Crippen LogP contribution in [0.2, 0.25) is 0 Å². The molecule has 0 bridgehead atoms. The first-order chi connectivity index (χ1) is 14.7. The number of nitrogens with zero attached hydrogens (tertiary/aromatic N) is 2. The Labute approximate surface area is 179 Å². The Morgan fingerprint density at radius 1 is 1.10 bits per heavy atom. The fourth-order valence-corrected chi connectivity index (χ4v) is 3.38. The first-order valence-electron chi connectivity index (χ1n) is 10.4. The van der Waals surface area contributed by atoms with Crippen LogP contribution >= 0.6 is 0 Å². The van der Waals surface area contributed by atoms with Crippen LogP contribution in [-0.2, 0) is 17.8 Å². The first-order valence-corrected chi connectivity index (χ1v) is 10.4. The normalized spacial score (nSPS) is 15.0. The molecule has 30 heavy (non-hydrogen) atoms. The van der Waals surface area contributed by atoms with E-state index in [0.717, 1.165) is 44.3 Å². The minimum absolute atomic E-state index is 0.594. The van der Waals surface area contributed by atoms with Crippen LogP contribution in [0.25, 0.3) is 0 Å². The van der Waals surface area contributed by atoms with Gasteiger partial charge in [-0.1, -0.05) is 24.3 Å². The van der Waals surface area contributed by atoms with E-state index in [9.17, 15) is 0 Å². The Morgan fingerprint density at radius 3 is 2.63 bits per heavy atom. The third kappa shape index (κ3) is 6.37. The number of aliphatic imine (C=N–C) groups is 1. The molecule has 1 saturated heterocycles. The molecule has 2 aromatic carbocycles. The summed E-state index contributed by atoms with van der Waals surface area (Å²) in [5.74, 6) is 2.11. The van der Waals surface area contributed by atoms with Gasteiger partial charge in [-0.05, 0) is 30.2 Å². The zero-order valence-electron chi connectivity index (χ0n) is 18.1. The van der Waals surface area contributed by atoms with Crippen LogP contribution in [0.4, 0.5) is 5.69 Å². The first kappa shape index (κ1) is 21.9. The van der Waals surface area contributed by atoms with E-state index in [1.165, 1.54) is 11.1 Å². The highest BCUT2D eigenvalue weighted by molar-refractivity contribution is 5.93. The lowest BCUT2D eigenvalue weighted by atomic mass is 10.1. The van der Waals surface area contributed by atoms with Crippen LogP contribution in [0.1, 0.15) is 18.1 Å². The highest BCUT2D eigenvalue weighted by Crippen LogP contribution is 2.30. The van der Waals surface area contributed by atoms with Crippen molar-refractivity contribution in [2.45, 2.75) is 20.0 Å². The molecule has 0 atom stereocenters. The van der Waals surface area contributed by atoms with Crippen molar-refractivity contribution in [2.75, 3.05) is 52.4 Å². The summed E-state index contributed by atoms with van der Waals surface area (Å²) in [6.45, 7) is 7.81. The molecule has 1 heterocycles. The molecule has 1 aliphatic heterocycles. The van der Waals surface area contributed by atoms with Gasteiger partial charge >= 0.3 is 0 Å². The number of morpholine rings is 1. The molecule has 7 heteroatoms. The number of hydrogen-bond acceptors (Lipinski definition) is 5. The van der Waals surface area contributed by atoms with Crippen LogP contribution in [0.5, 0.6) is 11.5 Å². The van der Waals surface area contributed by atoms with Crippen molar-refractivity contribution in [2.24, 2.45) is 4.99 Å². The highest BCUT2D eigenvalue weighted by Gasteiger charge is 2.11. The van der Waals surface area contributed by atoms with Gasteiger partial charge < -0.3 is 24.8 Å². The Balaban J connectivity index is 1.57. The molecule has 3 rings (SSSR count). The second-order valence-electron chi connectivity index (χ2n) is 7.06. The Bertz CT molecular complexity index is 835. The maximum Gasteiger partial charge on any atom is 0.195 e. The molecule has 0 aromatic heterocycles. The summed E-state index contributed by atoms with van der Waals surface area (Å²) in [6, 6.07) is 14.4. The van der Waals surface area contributed by atoms with Gasteiger partial charge in [0.05, 0.1) is 26.9 Å². The minimum atomic E-state index is 0.594. The maximum absolute atomic E-state index is 5.58. The number of methoxy groups -OCH3 is 1. The molecule has 1 fully saturated rings. The van der Waals surface area contributed by atoms with Crippen molar-refractivity contribution in [1.82, 2.24) is 10.2 Å². The summed E-state index contributed by atoms with van der Waals surface area (Å²) < 4.78 is 16.4. The van der Waals surface area contributed by atoms with Gasteiger partial charge in [0, 0.05) is 45.0 Å². The summed E-state index contributed by atoms with van der Waals surface area (Å²) >= 11 is 0. The van der Waals surface area contributed by atoms with Crippen molar-refractivity contribution in [3.8, 4) is 11.5 Å². The predicted molar refractivity (Wildman–Crippen MR) is 121 cm³/mol. The number of ether oxygens (including phenoxy) is 3. The molecule has 0 unspecified atom stereocenters. The lowest BCUT2D eigenvalue weighted by molar-refractivity contribution is 0.0342. The molecule has 0 radical (unpaired) electrons. The Kier molecular flexibility index (Phi) is 8.35. The van der Waals surface area contributed by atoms with Crippen molar-refractivity contribution in [1.29, 1.82) is 0 Å². The minimum Gasteiger partial charge on any atom is -0.493 e. The molecular weight excluding hydrogens is 380 g/mol. The molecule has 2 aromatic rings. The summed E-state index contributed by atoms with van der Waals surface area (Å²) in [4.78, 5) is 6.76. The van der Waals surface area contributed by atoms with E-state index in [0.29, 0.717) is 24.9 Å². The van der Waals surface area contributed by atoms with Crippen LogP contribution in [0, 0.1) is 0 Å². The molecule has 1 aliphatic rings. The SMILES string of the molecule is CCOc1ccc(NC(=NC)NCc2cccc(CN3CCOCC3)c2)cc1OC. The standard InChI is InChI=1S/C23H32N4O3/c1-4-30-21-9-8-20(15-22(21)28-3)26-23(24-2)25-16-18-6-5-7-19(14-18)17-27-10-12-29-13-11-27/h5-9,14-15H,4,10-13,16-17H2,1-3H3,(H2,24,25,26). The van der Waals surface area contributed by atoms with Crippen LogP contribution in [-0.4, -0.2) is 57.9 Å². The summed E-state index contributed by atoms with van der Waals surface area (Å²) in [6.07, 6.45) is 0. The maximum atomic E-state index is 5.58. The number of anilines is 1. The van der Waals surface area contributed by atoms with E-state index in [1.54, 1.807) is 14.2 Å². The number of rotatable bonds is 8. The summed E-state index contributed by atoms with van der Waals surface area (Å²) in [7, 11) is 3.40. The quantitative estimate of drug-likeness (QED) is 0.513. The molecular formula is C23H32N4O3. The van der Waals surface area contributed by atoms with E-state index in [1.807, 2.05) is 25.1 Å². The molecule has 162 valence electrons. The van der Waals surface area contributed by atoms with Gasteiger partial charge in [0.1, 0.15) is 0 Å². The van der Waals surface area contributed by atoms with E-state index in [2.05, 4.69) is 44.8 Å². The zero-order chi connectivity index (χ0) is 21.2. The molecule has 0 amide bonds. The fourth-order valence-electron chi connectivity index (χ4n) is 3.38. The molecule has 0 aliphatic carbocycles. The van der Waals surface area contributed by atoms with Gasteiger partial charge in [-0.25, -0.2) is 0 Å². The van der Waals surface area contributed by atoms with Crippen LogP contribution in [0.3, 0.4) is 0 Å². The van der Waals surface area contributed by atoms with Gasteiger partial charge in [-0.3, -0.25) is 9.89 Å². The lowest BCUT2D eigenvalue weighted by Gasteiger charge is -2.26. The van der Waals surface area contributed by atoms with E-state index in [4.69, 9.17) is 14.2 Å². The van der Waals surface area contributed by atoms with Crippen molar-refractivity contribution in [3.05, 3.63) is 53.6 Å². The van der Waals surface area contributed by atoms with Crippen molar-refractivity contribution >= 4 is 11.6 Å². The smallest absolute Gasteiger partial charge is 0.195 e. The van der Waals surface area contributed by atoms with E-state index >= 15 is 0 Å². The van der Waals surface area contributed by atoms with E-state index < -0.39 is 0 Å². The van der Waals surface area contributed by atoms with Crippen molar-refractivity contribution < 1.29 is 14.2 Å². The van der Waals surface area contributed by atoms with Gasteiger partial charge in [0.25, 0.3) is 0 Å². The van der Waals surface area contributed by atoms with Gasteiger partial charge in [-0.15, -0.1) is 0 Å². The monoisotopic (exact) mass is 412 g/mol. The third-order valence-corrected chi connectivity index (χ3v) is 4.91. The zero-order valence-corrected chi connectivity index (χ0v) is 18.1. The highest BCUT2D eigenvalue weighted by atomic mass is 16.5. The summed E-state index contributed by atoms with van der Waals surface area (Å²) in [5, 5.41) is 6.68. The second kappa shape index (κ2) is 11.4. The molecule has 0 saturated carbocycles. The third-order valence-electron chi connectivity index (χ3n) is 4.91. The Morgan fingerprint density at radius 2 is 1.90 bits per heavy atom. The van der Waals surface area contributed by atoms with Crippen LogP contribution in [0.15, 0.2) is 47.5 Å². The Hall–Kier alpha value is -2.77. The lowest BCUT2D eigenvalue weighted by Crippen LogP contribution is -2.35. The number of guanidine groups is 1. The molecule has 0 spiro atoms. The molecule has 2 N–H and O–H groups in total. The number of benzene rings is 2. The number of nitrogens with one attached hydrogen (secondary N) is 2. The number of hydrogen-bond donors (Lipinski definition) is 2. The average Bonchev–Trinajstić information content (AvgIpc) is 2.78. The molecule has 7 nitrogen and oxygen atoms in total.